The summed E-state index contributed by atoms with van der Waals surface area (Å²) in [6, 6.07) is 8.03. The zero-order valence-electron chi connectivity index (χ0n) is 20.4. The first-order chi connectivity index (χ1) is 16.3. The first-order valence-corrected chi connectivity index (χ1v) is 11.1. The molecule has 0 unspecified atom stereocenters. The lowest BCUT2D eigenvalue weighted by molar-refractivity contribution is -0.0651. The highest BCUT2D eigenvalue weighted by molar-refractivity contribution is 6.12. The van der Waals surface area contributed by atoms with Crippen molar-refractivity contribution in [2.75, 3.05) is 46.3 Å². The Labute approximate surface area is 201 Å². The van der Waals surface area contributed by atoms with Gasteiger partial charge < -0.3 is 20.1 Å². The molecule has 1 fully saturated rings. The van der Waals surface area contributed by atoms with Crippen LogP contribution >= 0.6 is 0 Å². The Morgan fingerprint density at radius 3 is 2.65 bits per heavy atom. The molecule has 7 nitrogen and oxygen atoms in total. The summed E-state index contributed by atoms with van der Waals surface area (Å²) in [6.45, 7) is 10.6. The molecule has 0 saturated carbocycles. The smallest absolute Gasteiger partial charge is 0.161 e. The number of aliphatic imine (C=N–C) groups is 1. The number of aliphatic hydroxyl groups is 1. The van der Waals surface area contributed by atoms with Crippen LogP contribution < -0.4 is 5.32 Å². The topological polar surface area (TPSA) is 82.9 Å². The van der Waals surface area contributed by atoms with E-state index < -0.39 is 5.54 Å². The molecule has 1 aliphatic heterocycles. The predicted molar refractivity (Wildman–Crippen MR) is 141 cm³/mol. The van der Waals surface area contributed by atoms with Crippen LogP contribution in [-0.4, -0.2) is 72.7 Å². The molecule has 0 bridgehead atoms. The number of aliphatic hydroxyl groups excluding tert-OH is 1. The lowest BCUT2D eigenvalue weighted by Crippen LogP contribution is -2.58. The van der Waals surface area contributed by atoms with E-state index in [0.717, 1.165) is 33.4 Å². The molecule has 2 N–H and O–H groups in total. The van der Waals surface area contributed by atoms with E-state index in [1.807, 2.05) is 68.5 Å². The molecule has 3 rings (SSSR count). The predicted octanol–water partition coefficient (Wildman–Crippen LogP) is 4.07. The summed E-state index contributed by atoms with van der Waals surface area (Å²) >= 11 is 0. The van der Waals surface area contributed by atoms with Crippen molar-refractivity contribution < 1.29 is 9.84 Å². The molecule has 2 heterocycles. The van der Waals surface area contributed by atoms with E-state index in [0.29, 0.717) is 24.9 Å². The Hall–Kier alpha value is -3.55. The fraction of sp³-hybridized carbons (Fsp3) is 0.296. The number of nitrogens with zero attached hydrogens (tertiary/aromatic N) is 4. The van der Waals surface area contributed by atoms with Crippen LogP contribution in [0.3, 0.4) is 0 Å². The number of hydrogen-bond acceptors (Lipinski definition) is 7. The van der Waals surface area contributed by atoms with E-state index >= 15 is 0 Å². The Morgan fingerprint density at radius 2 is 2.09 bits per heavy atom. The third-order valence-electron chi connectivity index (χ3n) is 5.28. The second-order valence-corrected chi connectivity index (χ2v) is 8.68. The number of allylic oxidation sites excluding steroid dienone is 5. The fourth-order valence-electron chi connectivity index (χ4n) is 3.58. The monoisotopic (exact) mass is 459 g/mol. The Balaban J connectivity index is 2.12. The Kier molecular flexibility index (Phi) is 8.15. The molecule has 1 aliphatic rings. The van der Waals surface area contributed by atoms with Gasteiger partial charge in [0, 0.05) is 56.5 Å². The molecule has 0 amide bonds. The van der Waals surface area contributed by atoms with Gasteiger partial charge in [0.2, 0.25) is 0 Å². The molecule has 2 aromatic rings. The molecule has 7 heteroatoms. The SMILES string of the molecule is C=C/C(=C\N(C)C)c1cccc(-c2ncc(/C(C=NC)=C/C(=C)C)c(NC3(CO)COC3)n2)c1. The first-order valence-electron chi connectivity index (χ1n) is 11.1. The van der Waals surface area contributed by atoms with E-state index in [2.05, 4.69) is 28.5 Å². The van der Waals surface area contributed by atoms with E-state index in [1.54, 1.807) is 19.5 Å². The van der Waals surface area contributed by atoms with Crippen LogP contribution in [0, 0.1) is 0 Å². The fourth-order valence-corrected chi connectivity index (χ4v) is 3.58. The van der Waals surface area contributed by atoms with Crippen molar-refractivity contribution in [2.24, 2.45) is 4.99 Å². The van der Waals surface area contributed by atoms with Gasteiger partial charge in [0.05, 0.1) is 19.8 Å². The van der Waals surface area contributed by atoms with Crippen LogP contribution in [-0.2, 0) is 4.74 Å². The molecule has 178 valence electrons. The van der Waals surface area contributed by atoms with Gasteiger partial charge >= 0.3 is 0 Å². The molecule has 0 aliphatic carbocycles. The summed E-state index contributed by atoms with van der Waals surface area (Å²) in [6.07, 6.45) is 9.31. The van der Waals surface area contributed by atoms with Crippen LogP contribution in [0.5, 0.6) is 0 Å². The van der Waals surface area contributed by atoms with Crippen LogP contribution in [0.4, 0.5) is 5.82 Å². The zero-order valence-corrected chi connectivity index (χ0v) is 20.4. The lowest BCUT2D eigenvalue weighted by atomic mass is 9.97. The number of ether oxygens (including phenoxy) is 1. The summed E-state index contributed by atoms with van der Waals surface area (Å²) in [4.78, 5) is 15.7. The van der Waals surface area contributed by atoms with Gasteiger partial charge in [-0.2, -0.15) is 0 Å². The van der Waals surface area contributed by atoms with Crippen molar-refractivity contribution in [3.63, 3.8) is 0 Å². The van der Waals surface area contributed by atoms with Gasteiger partial charge in [-0.25, -0.2) is 9.97 Å². The highest BCUT2D eigenvalue weighted by Gasteiger charge is 2.39. The molecular formula is C27H33N5O2. The van der Waals surface area contributed by atoms with E-state index in [1.165, 1.54) is 0 Å². The Morgan fingerprint density at radius 1 is 1.32 bits per heavy atom. The summed E-state index contributed by atoms with van der Waals surface area (Å²) in [5.41, 5.74) is 4.79. The van der Waals surface area contributed by atoms with E-state index in [9.17, 15) is 5.11 Å². The van der Waals surface area contributed by atoms with Crippen molar-refractivity contribution in [3.8, 4) is 11.4 Å². The maximum absolute atomic E-state index is 10.00. The van der Waals surface area contributed by atoms with Gasteiger partial charge in [-0.1, -0.05) is 49.1 Å². The highest BCUT2D eigenvalue weighted by atomic mass is 16.5. The highest BCUT2D eigenvalue weighted by Crippen LogP contribution is 2.30. The number of nitrogens with one attached hydrogen (secondary N) is 1. The number of benzene rings is 1. The van der Waals surface area contributed by atoms with Gasteiger partial charge in [0.15, 0.2) is 5.82 Å². The zero-order chi connectivity index (χ0) is 24.7. The van der Waals surface area contributed by atoms with Crippen LogP contribution in [0.1, 0.15) is 18.1 Å². The van der Waals surface area contributed by atoms with Crippen LogP contribution in [0.2, 0.25) is 0 Å². The van der Waals surface area contributed by atoms with Crippen molar-refractivity contribution in [2.45, 2.75) is 12.5 Å². The molecule has 34 heavy (non-hydrogen) atoms. The summed E-state index contributed by atoms with van der Waals surface area (Å²) in [5.74, 6) is 1.17. The largest absolute Gasteiger partial charge is 0.394 e. The van der Waals surface area contributed by atoms with E-state index in [4.69, 9.17) is 9.72 Å². The van der Waals surface area contributed by atoms with Gasteiger partial charge in [-0.05, 0) is 24.1 Å². The number of rotatable bonds is 10. The number of hydrogen-bond donors (Lipinski definition) is 2. The molecule has 0 radical (unpaired) electrons. The van der Waals surface area contributed by atoms with Crippen molar-refractivity contribution in [1.82, 2.24) is 14.9 Å². The third kappa shape index (κ3) is 5.87. The van der Waals surface area contributed by atoms with Crippen molar-refractivity contribution in [1.29, 1.82) is 0 Å². The lowest BCUT2D eigenvalue weighted by Gasteiger charge is -2.41. The van der Waals surface area contributed by atoms with Crippen LogP contribution in [0.25, 0.3) is 22.5 Å². The second-order valence-electron chi connectivity index (χ2n) is 8.68. The quantitative estimate of drug-likeness (QED) is 0.412. The standard InChI is InChI=1S/C27H33N5O2/c1-7-20(15-32(5)6)21-9-8-10-22(12-21)25-29-14-24(23(13-28-4)11-19(2)3)26(30-25)31-27(16-33)17-34-18-27/h7-15,33H,1-2,16-18H2,3-6H3,(H,29,30,31)/b20-15+,23-11+,28-13?. The minimum Gasteiger partial charge on any atom is -0.394 e. The maximum Gasteiger partial charge on any atom is 0.161 e. The Bertz CT molecular complexity index is 1140. The van der Waals surface area contributed by atoms with Gasteiger partial charge in [0.1, 0.15) is 11.4 Å². The molecule has 0 atom stereocenters. The summed E-state index contributed by atoms with van der Waals surface area (Å²) in [5, 5.41) is 13.4. The van der Waals surface area contributed by atoms with Crippen molar-refractivity contribution >= 4 is 23.2 Å². The van der Waals surface area contributed by atoms with Gasteiger partial charge in [-0.15, -0.1) is 0 Å². The molecule has 1 aromatic carbocycles. The minimum atomic E-state index is -0.579. The average molecular weight is 460 g/mol. The minimum absolute atomic E-state index is 0.0688. The maximum atomic E-state index is 10.00. The molecule has 1 aromatic heterocycles. The van der Waals surface area contributed by atoms with E-state index in [-0.39, 0.29) is 6.61 Å². The van der Waals surface area contributed by atoms with Crippen LogP contribution in [0.15, 0.2) is 72.5 Å². The second kappa shape index (κ2) is 11.0. The average Bonchev–Trinajstić information content (AvgIpc) is 2.79. The third-order valence-corrected chi connectivity index (χ3v) is 5.28. The van der Waals surface area contributed by atoms with Gasteiger partial charge in [-0.3, -0.25) is 4.99 Å². The summed E-state index contributed by atoms with van der Waals surface area (Å²) in [7, 11) is 5.67. The number of aromatic nitrogens is 2. The molecular weight excluding hydrogens is 426 g/mol. The first kappa shape index (κ1) is 25.1. The summed E-state index contributed by atoms with van der Waals surface area (Å²) < 4.78 is 5.37. The molecule has 0 spiro atoms. The van der Waals surface area contributed by atoms with Crippen molar-refractivity contribution in [3.05, 3.63) is 78.7 Å². The van der Waals surface area contributed by atoms with Gasteiger partial charge in [0.25, 0.3) is 0 Å². The number of anilines is 1. The normalized spacial score (nSPS) is 15.7. The molecule has 1 saturated heterocycles.